The lowest BCUT2D eigenvalue weighted by Crippen LogP contribution is -2.47. The van der Waals surface area contributed by atoms with Gasteiger partial charge in [0.05, 0.1) is 23.9 Å². The molecule has 9 nitrogen and oxygen atoms in total. The average molecular weight is 491 g/mol. The number of hydrogen-bond acceptors (Lipinski definition) is 6. The number of amides is 1. The summed E-state index contributed by atoms with van der Waals surface area (Å²) in [6.45, 7) is 1.72. The maximum atomic E-state index is 13.6. The Balaban J connectivity index is 1.99. The first-order chi connectivity index (χ1) is 17.3. The number of carbonyl (C=O) groups excluding carboxylic acids is 2. The molecule has 0 fully saturated rings. The first-order valence-corrected chi connectivity index (χ1v) is 11.3. The monoisotopic (exact) mass is 490 g/mol. The van der Waals surface area contributed by atoms with Crippen LogP contribution < -0.4 is 5.32 Å². The number of carboxylic acid groups (broad SMARTS) is 1. The summed E-state index contributed by atoms with van der Waals surface area (Å²) in [4.78, 5) is 48.8. The van der Waals surface area contributed by atoms with Gasteiger partial charge < -0.3 is 15.2 Å². The highest BCUT2D eigenvalue weighted by molar-refractivity contribution is 5.91. The second kappa shape index (κ2) is 12.3. The number of benzene rings is 3. The number of rotatable bonds is 11. The molecule has 0 unspecified atom stereocenters. The van der Waals surface area contributed by atoms with Crippen LogP contribution in [0, 0.1) is 10.1 Å². The van der Waals surface area contributed by atoms with E-state index in [1.54, 1.807) is 55.5 Å². The lowest BCUT2D eigenvalue weighted by molar-refractivity contribution is -0.384. The number of nitrogens with zero attached hydrogens (tertiary/aromatic N) is 1. The van der Waals surface area contributed by atoms with Crippen molar-refractivity contribution in [2.24, 2.45) is 0 Å². The van der Waals surface area contributed by atoms with Gasteiger partial charge in [-0.3, -0.25) is 19.7 Å². The number of nitro groups is 1. The van der Waals surface area contributed by atoms with Crippen LogP contribution >= 0.6 is 0 Å². The van der Waals surface area contributed by atoms with Crippen LogP contribution in [0.3, 0.4) is 0 Å². The molecule has 0 spiro atoms. The summed E-state index contributed by atoms with van der Waals surface area (Å²) in [6.07, 6.45) is -0.343. The zero-order chi connectivity index (χ0) is 26.1. The van der Waals surface area contributed by atoms with Gasteiger partial charge in [0.1, 0.15) is 6.04 Å². The van der Waals surface area contributed by atoms with E-state index in [-0.39, 0.29) is 18.7 Å². The predicted octanol–water partition coefficient (Wildman–Crippen LogP) is 4.03. The molecule has 3 rings (SSSR count). The molecule has 2 N–H and O–H groups in total. The molecule has 36 heavy (non-hydrogen) atoms. The highest BCUT2D eigenvalue weighted by Gasteiger charge is 2.35. The van der Waals surface area contributed by atoms with Crippen molar-refractivity contribution < 1.29 is 29.2 Å². The third-order valence-electron chi connectivity index (χ3n) is 5.72. The van der Waals surface area contributed by atoms with Crippen LogP contribution in [0.5, 0.6) is 0 Å². The Morgan fingerprint density at radius 2 is 1.42 bits per heavy atom. The predicted molar refractivity (Wildman–Crippen MR) is 131 cm³/mol. The molecule has 0 saturated carbocycles. The Morgan fingerprint density at radius 1 is 0.889 bits per heavy atom. The topological polar surface area (TPSA) is 136 Å². The molecule has 0 radical (unpaired) electrons. The zero-order valence-corrected chi connectivity index (χ0v) is 19.6. The van der Waals surface area contributed by atoms with Gasteiger partial charge >= 0.3 is 11.9 Å². The highest BCUT2D eigenvalue weighted by Crippen LogP contribution is 2.29. The molecule has 0 aliphatic rings. The van der Waals surface area contributed by atoms with Crippen LogP contribution in [-0.4, -0.2) is 40.5 Å². The summed E-state index contributed by atoms with van der Waals surface area (Å²) in [5.74, 6) is -4.39. The van der Waals surface area contributed by atoms with Gasteiger partial charge in [0.25, 0.3) is 5.69 Å². The molecule has 0 aliphatic heterocycles. The number of aliphatic carboxylic acids is 1. The van der Waals surface area contributed by atoms with Gasteiger partial charge in [-0.25, -0.2) is 4.79 Å². The molecule has 9 heteroatoms. The average Bonchev–Trinajstić information content (AvgIpc) is 2.87. The van der Waals surface area contributed by atoms with Crippen molar-refractivity contribution in [3.63, 3.8) is 0 Å². The van der Waals surface area contributed by atoms with Crippen molar-refractivity contribution in [3.8, 4) is 0 Å². The smallest absolute Gasteiger partial charge is 0.326 e. The normalized spacial score (nSPS) is 12.4. The van der Waals surface area contributed by atoms with Gasteiger partial charge in [0.2, 0.25) is 5.91 Å². The molecule has 0 bridgehead atoms. The Labute approximate surface area is 207 Å². The van der Waals surface area contributed by atoms with Crippen molar-refractivity contribution in [2.75, 3.05) is 6.61 Å². The minimum Gasteiger partial charge on any atom is -0.480 e. The summed E-state index contributed by atoms with van der Waals surface area (Å²) >= 11 is 0. The van der Waals surface area contributed by atoms with Crippen LogP contribution in [0.1, 0.15) is 41.9 Å². The van der Waals surface area contributed by atoms with E-state index in [9.17, 15) is 29.6 Å². The van der Waals surface area contributed by atoms with E-state index in [0.29, 0.717) is 16.7 Å². The minimum atomic E-state index is -1.50. The number of non-ortho nitro benzene ring substituents is 1. The van der Waals surface area contributed by atoms with Crippen molar-refractivity contribution >= 4 is 23.5 Å². The highest BCUT2D eigenvalue weighted by atomic mass is 16.6. The second-order valence-corrected chi connectivity index (χ2v) is 8.04. The standard InChI is InChI=1S/C27H26N2O7/c1-2-36-23(30)17-22(18-13-15-21(16-14-18)29(34)35)25(27(32)33)28-26(31)24(19-9-5-3-6-10-19)20-11-7-4-8-12-20/h3-16,22,24-25H,2,17H2,1H3,(H,28,31)(H,32,33)/t22-,25-/m0/s1. The molecule has 0 saturated heterocycles. The molecule has 0 aromatic heterocycles. The maximum Gasteiger partial charge on any atom is 0.326 e. The van der Waals surface area contributed by atoms with Crippen molar-refractivity contribution in [3.05, 3.63) is 112 Å². The lowest BCUT2D eigenvalue weighted by atomic mass is 9.86. The fourth-order valence-corrected chi connectivity index (χ4v) is 4.03. The Morgan fingerprint density at radius 3 is 1.86 bits per heavy atom. The second-order valence-electron chi connectivity index (χ2n) is 8.04. The third-order valence-corrected chi connectivity index (χ3v) is 5.72. The van der Waals surface area contributed by atoms with Crippen LogP contribution in [0.15, 0.2) is 84.9 Å². The summed E-state index contributed by atoms with van der Waals surface area (Å²) in [6, 6.07) is 21.6. The van der Waals surface area contributed by atoms with E-state index < -0.39 is 40.6 Å². The number of esters is 1. The van der Waals surface area contributed by atoms with Gasteiger partial charge in [0, 0.05) is 18.1 Å². The lowest BCUT2D eigenvalue weighted by Gasteiger charge is -2.27. The SMILES string of the molecule is CCOC(=O)C[C@@H](c1ccc([N+](=O)[O-])cc1)[C@H](NC(=O)C(c1ccccc1)c1ccccc1)C(=O)O. The van der Waals surface area contributed by atoms with E-state index in [2.05, 4.69) is 5.32 Å². The molecule has 1 amide bonds. The first kappa shape index (κ1) is 26.1. The quantitative estimate of drug-likeness (QED) is 0.235. The Hall–Kier alpha value is -4.53. The summed E-state index contributed by atoms with van der Waals surface area (Å²) < 4.78 is 5.02. The Bertz CT molecular complexity index is 1160. The largest absolute Gasteiger partial charge is 0.480 e. The van der Waals surface area contributed by atoms with Crippen molar-refractivity contribution in [1.29, 1.82) is 0 Å². The summed E-state index contributed by atoms with van der Waals surface area (Å²) in [7, 11) is 0. The van der Waals surface area contributed by atoms with Crippen LogP contribution in [0.4, 0.5) is 5.69 Å². The van der Waals surface area contributed by atoms with E-state index >= 15 is 0 Å². The van der Waals surface area contributed by atoms with Crippen molar-refractivity contribution in [2.45, 2.75) is 31.2 Å². The van der Waals surface area contributed by atoms with E-state index in [1.807, 2.05) is 12.1 Å². The number of nitro benzene ring substituents is 1. The number of hydrogen-bond donors (Lipinski definition) is 2. The summed E-state index contributed by atoms with van der Waals surface area (Å²) in [5, 5.41) is 23.8. The fourth-order valence-electron chi connectivity index (χ4n) is 4.03. The van der Waals surface area contributed by atoms with Crippen molar-refractivity contribution in [1.82, 2.24) is 5.32 Å². The third kappa shape index (κ3) is 6.53. The first-order valence-electron chi connectivity index (χ1n) is 11.3. The molecule has 3 aromatic rings. The number of nitrogens with one attached hydrogen (secondary N) is 1. The zero-order valence-electron chi connectivity index (χ0n) is 19.6. The van der Waals surface area contributed by atoms with Gasteiger partial charge in [0.15, 0.2) is 0 Å². The number of carboxylic acids is 1. The van der Waals surface area contributed by atoms with Crippen LogP contribution in [0.25, 0.3) is 0 Å². The molecule has 0 heterocycles. The van der Waals surface area contributed by atoms with Gasteiger partial charge in [-0.1, -0.05) is 72.8 Å². The van der Waals surface area contributed by atoms with E-state index in [4.69, 9.17) is 4.74 Å². The Kier molecular flexibility index (Phi) is 8.88. The molecule has 3 aromatic carbocycles. The molecule has 2 atom stereocenters. The van der Waals surface area contributed by atoms with E-state index in [1.165, 1.54) is 24.3 Å². The number of ether oxygens (including phenoxy) is 1. The maximum absolute atomic E-state index is 13.6. The molecular formula is C27H26N2O7. The van der Waals surface area contributed by atoms with Gasteiger partial charge in [-0.05, 0) is 23.6 Å². The minimum absolute atomic E-state index is 0.0972. The summed E-state index contributed by atoms with van der Waals surface area (Å²) in [5.41, 5.74) is 1.50. The molecular weight excluding hydrogens is 464 g/mol. The molecule has 186 valence electrons. The fraction of sp³-hybridized carbons (Fsp3) is 0.222. The van der Waals surface area contributed by atoms with Gasteiger partial charge in [-0.15, -0.1) is 0 Å². The van der Waals surface area contributed by atoms with E-state index in [0.717, 1.165) is 0 Å². The van der Waals surface area contributed by atoms with Crippen LogP contribution in [0.2, 0.25) is 0 Å². The molecule has 0 aliphatic carbocycles. The number of carbonyl (C=O) groups is 3. The van der Waals surface area contributed by atoms with Crippen LogP contribution in [-0.2, 0) is 19.1 Å². The van der Waals surface area contributed by atoms with Gasteiger partial charge in [-0.2, -0.15) is 0 Å².